The molecule has 0 fully saturated rings. The van der Waals surface area contributed by atoms with Crippen molar-refractivity contribution in [1.82, 2.24) is 0 Å². The molecule has 3 nitrogen and oxygen atoms in total. The number of rotatable bonds is 4. The van der Waals surface area contributed by atoms with Crippen LogP contribution in [0, 0.1) is 6.92 Å². The van der Waals surface area contributed by atoms with Crippen LogP contribution in [0.25, 0.3) is 0 Å². The van der Waals surface area contributed by atoms with Crippen LogP contribution >= 0.6 is 11.6 Å². The molecule has 1 unspecified atom stereocenters. The highest BCUT2D eigenvalue weighted by molar-refractivity contribution is 6.30. The summed E-state index contributed by atoms with van der Waals surface area (Å²) in [5.74, 6) is 0.587. The van der Waals surface area contributed by atoms with Crippen LogP contribution in [0.4, 0.5) is 5.69 Å². The smallest absolute Gasteiger partial charge is 0.265 e. The molecule has 0 heterocycles. The van der Waals surface area contributed by atoms with E-state index in [0.29, 0.717) is 5.02 Å². The fourth-order valence-corrected chi connectivity index (χ4v) is 3.27. The van der Waals surface area contributed by atoms with Crippen molar-refractivity contribution in [3.63, 3.8) is 0 Å². The first-order valence-electron chi connectivity index (χ1n) is 8.38. The van der Waals surface area contributed by atoms with Crippen LogP contribution in [0.1, 0.15) is 36.5 Å². The highest BCUT2D eigenvalue weighted by Gasteiger charge is 2.17. The van der Waals surface area contributed by atoms with Crippen molar-refractivity contribution in [3.8, 4) is 5.75 Å². The largest absolute Gasteiger partial charge is 0.481 e. The molecule has 0 aliphatic heterocycles. The predicted molar refractivity (Wildman–Crippen MR) is 98.0 cm³/mol. The summed E-state index contributed by atoms with van der Waals surface area (Å²) in [7, 11) is 0. The molecule has 1 aliphatic carbocycles. The van der Waals surface area contributed by atoms with Crippen LogP contribution in [-0.4, -0.2) is 12.0 Å². The molecule has 1 amide bonds. The number of benzene rings is 2. The normalized spacial score (nSPS) is 14.6. The third-order valence-corrected chi connectivity index (χ3v) is 4.68. The minimum atomic E-state index is -0.568. The Kier molecular flexibility index (Phi) is 5.10. The second-order valence-electron chi connectivity index (χ2n) is 6.35. The second-order valence-corrected chi connectivity index (χ2v) is 6.78. The van der Waals surface area contributed by atoms with E-state index in [1.54, 1.807) is 19.1 Å². The summed E-state index contributed by atoms with van der Waals surface area (Å²) in [6, 6.07) is 11.6. The molecular weight excluding hydrogens is 322 g/mol. The Balaban J connectivity index is 1.65. The minimum absolute atomic E-state index is 0.168. The monoisotopic (exact) mass is 343 g/mol. The average molecular weight is 344 g/mol. The number of ether oxygens (including phenoxy) is 1. The van der Waals surface area contributed by atoms with Crippen molar-refractivity contribution in [2.24, 2.45) is 0 Å². The summed E-state index contributed by atoms with van der Waals surface area (Å²) in [4.78, 5) is 12.4. The van der Waals surface area contributed by atoms with Gasteiger partial charge in [-0.05, 0) is 86.6 Å². The maximum absolute atomic E-state index is 12.4. The fraction of sp³-hybridized carbons (Fsp3) is 0.350. The van der Waals surface area contributed by atoms with Crippen molar-refractivity contribution in [3.05, 3.63) is 58.1 Å². The number of amides is 1. The number of nitrogens with one attached hydrogen (secondary N) is 1. The van der Waals surface area contributed by atoms with Crippen LogP contribution in [0.5, 0.6) is 5.75 Å². The standard InChI is InChI=1S/C20H22ClNO2/c1-13-11-17(21)8-10-19(13)22-20(23)14(2)24-18-9-7-15-5-3-4-6-16(15)12-18/h7-12,14H,3-6H2,1-2H3,(H,22,23). The number of hydrogen-bond donors (Lipinski definition) is 1. The molecule has 0 saturated heterocycles. The maximum atomic E-state index is 12.4. The van der Waals surface area contributed by atoms with Gasteiger partial charge in [-0.2, -0.15) is 0 Å². The first kappa shape index (κ1) is 16.8. The predicted octanol–water partition coefficient (Wildman–Crippen LogP) is 4.93. The van der Waals surface area contributed by atoms with Crippen LogP contribution < -0.4 is 10.1 Å². The quantitative estimate of drug-likeness (QED) is 0.854. The zero-order chi connectivity index (χ0) is 17.1. The van der Waals surface area contributed by atoms with Gasteiger partial charge >= 0.3 is 0 Å². The lowest BCUT2D eigenvalue weighted by atomic mass is 9.92. The van der Waals surface area contributed by atoms with E-state index in [0.717, 1.165) is 29.8 Å². The number of anilines is 1. The molecule has 2 aromatic carbocycles. The second kappa shape index (κ2) is 7.27. The molecule has 1 aliphatic rings. The van der Waals surface area contributed by atoms with E-state index in [1.165, 1.54) is 24.0 Å². The Hall–Kier alpha value is -2.00. The highest BCUT2D eigenvalue weighted by atomic mass is 35.5. The first-order valence-corrected chi connectivity index (χ1v) is 8.76. The summed E-state index contributed by atoms with van der Waals surface area (Å²) in [5, 5.41) is 3.55. The maximum Gasteiger partial charge on any atom is 0.265 e. The summed E-state index contributed by atoms with van der Waals surface area (Å²) >= 11 is 5.94. The van der Waals surface area contributed by atoms with Crippen molar-refractivity contribution < 1.29 is 9.53 Å². The number of halogens is 1. The molecule has 24 heavy (non-hydrogen) atoms. The molecule has 4 heteroatoms. The zero-order valence-electron chi connectivity index (χ0n) is 14.1. The van der Waals surface area contributed by atoms with Crippen molar-refractivity contribution >= 4 is 23.2 Å². The van der Waals surface area contributed by atoms with Gasteiger partial charge in [0.2, 0.25) is 0 Å². The Bertz CT molecular complexity index is 757. The molecule has 1 atom stereocenters. The molecular formula is C20H22ClNO2. The van der Waals surface area contributed by atoms with E-state index in [9.17, 15) is 4.79 Å². The van der Waals surface area contributed by atoms with Gasteiger partial charge in [0.15, 0.2) is 6.10 Å². The number of carbonyl (C=O) groups is 1. The summed E-state index contributed by atoms with van der Waals surface area (Å²) < 4.78 is 5.84. The van der Waals surface area contributed by atoms with E-state index in [-0.39, 0.29) is 5.91 Å². The van der Waals surface area contributed by atoms with Gasteiger partial charge in [0.1, 0.15) is 5.75 Å². The molecule has 2 aromatic rings. The number of aryl methyl sites for hydroxylation is 3. The van der Waals surface area contributed by atoms with Crippen molar-refractivity contribution in [2.75, 3.05) is 5.32 Å². The number of carbonyl (C=O) groups excluding carboxylic acids is 1. The van der Waals surface area contributed by atoms with Crippen LogP contribution in [0.2, 0.25) is 5.02 Å². The van der Waals surface area contributed by atoms with Crippen molar-refractivity contribution in [1.29, 1.82) is 0 Å². The summed E-state index contributed by atoms with van der Waals surface area (Å²) in [6.07, 6.45) is 4.15. The fourth-order valence-electron chi connectivity index (χ4n) is 3.04. The minimum Gasteiger partial charge on any atom is -0.481 e. The number of hydrogen-bond acceptors (Lipinski definition) is 2. The molecule has 126 valence electrons. The third kappa shape index (κ3) is 3.90. The van der Waals surface area contributed by atoms with Crippen LogP contribution in [-0.2, 0) is 17.6 Å². The van der Waals surface area contributed by atoms with Gasteiger partial charge in [0.05, 0.1) is 0 Å². The van der Waals surface area contributed by atoms with Gasteiger partial charge in [-0.15, -0.1) is 0 Å². The molecule has 0 spiro atoms. The van der Waals surface area contributed by atoms with E-state index < -0.39 is 6.10 Å². The van der Waals surface area contributed by atoms with Crippen molar-refractivity contribution in [2.45, 2.75) is 45.6 Å². The van der Waals surface area contributed by atoms with Gasteiger partial charge in [-0.3, -0.25) is 4.79 Å². The number of fused-ring (bicyclic) bond motifs is 1. The Morgan fingerprint density at radius 3 is 2.62 bits per heavy atom. The van der Waals surface area contributed by atoms with Gasteiger partial charge < -0.3 is 10.1 Å². The summed E-state index contributed by atoms with van der Waals surface area (Å²) in [6.45, 7) is 3.68. The molecule has 0 saturated carbocycles. The first-order chi connectivity index (χ1) is 11.5. The molecule has 3 rings (SSSR count). The van der Waals surface area contributed by atoms with Gasteiger partial charge in [-0.25, -0.2) is 0 Å². The molecule has 0 radical (unpaired) electrons. The Morgan fingerprint density at radius 1 is 1.12 bits per heavy atom. The van der Waals surface area contributed by atoms with E-state index >= 15 is 0 Å². The highest BCUT2D eigenvalue weighted by Crippen LogP contribution is 2.26. The third-order valence-electron chi connectivity index (χ3n) is 4.45. The topological polar surface area (TPSA) is 38.3 Å². The van der Waals surface area contributed by atoms with E-state index in [1.807, 2.05) is 19.1 Å². The van der Waals surface area contributed by atoms with Gasteiger partial charge in [0, 0.05) is 10.7 Å². The SMILES string of the molecule is Cc1cc(Cl)ccc1NC(=O)C(C)Oc1ccc2c(c1)CCCC2. The van der Waals surface area contributed by atoms with E-state index in [2.05, 4.69) is 17.4 Å². The van der Waals surface area contributed by atoms with Gasteiger partial charge in [0.25, 0.3) is 5.91 Å². The molecule has 0 aromatic heterocycles. The van der Waals surface area contributed by atoms with Gasteiger partial charge in [-0.1, -0.05) is 17.7 Å². The lowest BCUT2D eigenvalue weighted by Gasteiger charge is -2.19. The zero-order valence-corrected chi connectivity index (χ0v) is 14.8. The average Bonchev–Trinajstić information content (AvgIpc) is 2.57. The lowest BCUT2D eigenvalue weighted by molar-refractivity contribution is -0.122. The molecule has 1 N–H and O–H groups in total. The van der Waals surface area contributed by atoms with Crippen LogP contribution in [0.3, 0.4) is 0 Å². The Labute approximate surface area is 148 Å². The molecule has 0 bridgehead atoms. The Morgan fingerprint density at radius 2 is 1.88 bits per heavy atom. The van der Waals surface area contributed by atoms with E-state index in [4.69, 9.17) is 16.3 Å². The summed E-state index contributed by atoms with van der Waals surface area (Å²) in [5.41, 5.74) is 4.43. The van der Waals surface area contributed by atoms with Crippen LogP contribution in [0.15, 0.2) is 36.4 Å². The lowest BCUT2D eigenvalue weighted by Crippen LogP contribution is -2.30.